The van der Waals surface area contributed by atoms with Gasteiger partial charge in [0.25, 0.3) is 0 Å². The molecule has 0 aromatic heterocycles. The van der Waals surface area contributed by atoms with Crippen LogP contribution in [0.2, 0.25) is 0 Å². The van der Waals surface area contributed by atoms with Gasteiger partial charge in [-0.2, -0.15) is 0 Å². The molecule has 10 heavy (non-hydrogen) atoms. The maximum Gasteiger partial charge on any atom is 0.114 e. The highest BCUT2D eigenvalue weighted by molar-refractivity contribution is 4.98. The molecule has 2 aliphatic heterocycles. The van der Waals surface area contributed by atoms with Gasteiger partial charge in [0, 0.05) is 6.42 Å². The molecule has 58 valence electrons. The number of aliphatic hydroxyl groups excluding tert-OH is 1. The van der Waals surface area contributed by atoms with Crippen molar-refractivity contribution in [1.29, 1.82) is 0 Å². The molecular formula is C7H12O3. The van der Waals surface area contributed by atoms with Gasteiger partial charge >= 0.3 is 0 Å². The molecule has 2 aliphatic rings. The molecule has 0 aromatic carbocycles. The molecule has 2 saturated heterocycles. The summed E-state index contributed by atoms with van der Waals surface area (Å²) in [6.07, 6.45) is 0.425. The third-order valence-electron chi connectivity index (χ3n) is 2.43. The fourth-order valence-electron chi connectivity index (χ4n) is 1.74. The van der Waals surface area contributed by atoms with Crippen LogP contribution in [-0.2, 0) is 9.47 Å². The Morgan fingerprint density at radius 1 is 1.60 bits per heavy atom. The first-order valence-corrected chi connectivity index (χ1v) is 3.66. The Hall–Kier alpha value is -0.120. The Morgan fingerprint density at radius 2 is 2.40 bits per heavy atom. The van der Waals surface area contributed by atoms with E-state index < -0.39 is 6.10 Å². The van der Waals surface area contributed by atoms with E-state index in [4.69, 9.17) is 9.47 Å². The van der Waals surface area contributed by atoms with Gasteiger partial charge in [0.15, 0.2) is 0 Å². The van der Waals surface area contributed by atoms with Crippen molar-refractivity contribution in [1.82, 2.24) is 0 Å². The molecule has 0 aromatic rings. The number of ether oxygens (including phenoxy) is 2. The van der Waals surface area contributed by atoms with Gasteiger partial charge in [-0.25, -0.2) is 0 Å². The zero-order valence-electron chi connectivity index (χ0n) is 6.04. The Morgan fingerprint density at radius 3 is 3.10 bits per heavy atom. The van der Waals surface area contributed by atoms with Crippen molar-refractivity contribution >= 4 is 0 Å². The second-order valence-corrected chi connectivity index (χ2v) is 3.23. The van der Waals surface area contributed by atoms with Gasteiger partial charge in [0.2, 0.25) is 0 Å². The summed E-state index contributed by atoms with van der Waals surface area (Å²) >= 11 is 0. The Balaban J connectivity index is 2.19. The van der Waals surface area contributed by atoms with Crippen molar-refractivity contribution in [3.05, 3.63) is 0 Å². The van der Waals surface area contributed by atoms with Crippen molar-refractivity contribution < 1.29 is 14.6 Å². The van der Waals surface area contributed by atoms with Gasteiger partial charge in [-0.05, 0) is 6.92 Å². The van der Waals surface area contributed by atoms with Crippen LogP contribution >= 0.6 is 0 Å². The number of aliphatic hydroxyl groups is 1. The number of rotatable bonds is 0. The maximum absolute atomic E-state index is 9.31. The average Bonchev–Trinajstić information content (AvgIpc) is 2.35. The summed E-state index contributed by atoms with van der Waals surface area (Å²) in [5.74, 6) is 0. The van der Waals surface area contributed by atoms with Gasteiger partial charge in [-0.1, -0.05) is 0 Å². The molecule has 3 heteroatoms. The standard InChI is InChI=1S/C7H12O3/c1-7-2-3-9-6(7)5(8)4-10-7/h5-6,8H,2-4H2,1H3/t5?,6-,7-/m1/s1. The lowest BCUT2D eigenvalue weighted by molar-refractivity contribution is -0.0145. The zero-order chi connectivity index (χ0) is 7.19. The Kier molecular flexibility index (Phi) is 1.27. The van der Waals surface area contributed by atoms with E-state index >= 15 is 0 Å². The summed E-state index contributed by atoms with van der Waals surface area (Å²) in [6, 6.07) is 0. The fraction of sp³-hybridized carbons (Fsp3) is 1.00. The minimum atomic E-state index is -0.410. The van der Waals surface area contributed by atoms with E-state index in [-0.39, 0.29) is 11.7 Å². The van der Waals surface area contributed by atoms with Gasteiger partial charge in [0.1, 0.15) is 12.2 Å². The van der Waals surface area contributed by atoms with Crippen LogP contribution in [0.15, 0.2) is 0 Å². The number of hydrogen-bond donors (Lipinski definition) is 1. The number of fused-ring (bicyclic) bond motifs is 1. The van der Waals surface area contributed by atoms with E-state index in [1.807, 2.05) is 6.92 Å². The van der Waals surface area contributed by atoms with Crippen molar-refractivity contribution in [3.8, 4) is 0 Å². The molecule has 0 aliphatic carbocycles. The molecule has 0 radical (unpaired) electrons. The molecule has 0 bridgehead atoms. The summed E-state index contributed by atoms with van der Waals surface area (Å²) < 4.78 is 10.7. The highest BCUT2D eigenvalue weighted by atomic mass is 16.6. The topological polar surface area (TPSA) is 38.7 Å². The van der Waals surface area contributed by atoms with Crippen molar-refractivity contribution in [2.45, 2.75) is 31.2 Å². The van der Waals surface area contributed by atoms with Crippen LogP contribution in [0.1, 0.15) is 13.3 Å². The zero-order valence-corrected chi connectivity index (χ0v) is 6.04. The summed E-state index contributed by atoms with van der Waals surface area (Å²) in [4.78, 5) is 0. The van der Waals surface area contributed by atoms with E-state index in [0.717, 1.165) is 13.0 Å². The fourth-order valence-corrected chi connectivity index (χ4v) is 1.74. The molecule has 2 rings (SSSR count). The van der Waals surface area contributed by atoms with Crippen LogP contribution in [0.5, 0.6) is 0 Å². The van der Waals surface area contributed by atoms with Gasteiger partial charge < -0.3 is 14.6 Å². The molecule has 0 amide bonds. The summed E-state index contributed by atoms with van der Waals surface area (Å²) in [6.45, 7) is 3.15. The summed E-state index contributed by atoms with van der Waals surface area (Å²) in [5, 5.41) is 9.31. The SMILES string of the molecule is C[C@@]12CCO[C@@H]1C(O)CO2. The first-order valence-electron chi connectivity index (χ1n) is 3.66. The highest BCUT2D eigenvalue weighted by Crippen LogP contribution is 2.36. The predicted octanol–water partition coefficient (Wildman–Crippen LogP) is -0.0749. The first kappa shape index (κ1) is 6.58. The third kappa shape index (κ3) is 0.713. The average molecular weight is 144 g/mol. The molecule has 1 N–H and O–H groups in total. The van der Waals surface area contributed by atoms with E-state index in [2.05, 4.69) is 0 Å². The molecule has 3 nitrogen and oxygen atoms in total. The normalized spacial score (nSPS) is 53.4. The third-order valence-corrected chi connectivity index (χ3v) is 2.43. The van der Waals surface area contributed by atoms with Crippen LogP contribution in [0.25, 0.3) is 0 Å². The van der Waals surface area contributed by atoms with Crippen LogP contribution < -0.4 is 0 Å². The molecule has 2 heterocycles. The molecule has 0 spiro atoms. The van der Waals surface area contributed by atoms with Gasteiger partial charge in [-0.15, -0.1) is 0 Å². The van der Waals surface area contributed by atoms with Crippen LogP contribution in [0, 0.1) is 0 Å². The highest BCUT2D eigenvalue weighted by Gasteiger charge is 2.50. The van der Waals surface area contributed by atoms with Crippen LogP contribution in [0.3, 0.4) is 0 Å². The van der Waals surface area contributed by atoms with E-state index in [0.29, 0.717) is 6.61 Å². The van der Waals surface area contributed by atoms with Crippen LogP contribution in [0.4, 0.5) is 0 Å². The predicted molar refractivity (Wildman–Crippen MR) is 34.7 cm³/mol. The molecule has 0 saturated carbocycles. The second kappa shape index (κ2) is 1.94. The van der Waals surface area contributed by atoms with E-state index in [1.165, 1.54) is 0 Å². The second-order valence-electron chi connectivity index (χ2n) is 3.23. The molecular weight excluding hydrogens is 132 g/mol. The summed E-state index contributed by atoms with van der Waals surface area (Å²) in [5.41, 5.74) is -0.195. The van der Waals surface area contributed by atoms with E-state index in [1.54, 1.807) is 0 Å². The summed E-state index contributed by atoms with van der Waals surface area (Å²) in [7, 11) is 0. The quantitative estimate of drug-likeness (QED) is 0.517. The lowest BCUT2D eigenvalue weighted by atomic mass is 9.98. The van der Waals surface area contributed by atoms with Gasteiger partial charge in [0.05, 0.1) is 18.8 Å². The lowest BCUT2D eigenvalue weighted by Crippen LogP contribution is -2.35. The largest absolute Gasteiger partial charge is 0.388 e. The molecule has 2 fully saturated rings. The van der Waals surface area contributed by atoms with Crippen LogP contribution in [-0.4, -0.2) is 36.1 Å². The Bertz CT molecular complexity index is 148. The number of hydrogen-bond acceptors (Lipinski definition) is 3. The minimum absolute atomic E-state index is 0.0764. The molecule has 1 unspecified atom stereocenters. The maximum atomic E-state index is 9.31. The van der Waals surface area contributed by atoms with Gasteiger partial charge in [-0.3, -0.25) is 0 Å². The lowest BCUT2D eigenvalue weighted by Gasteiger charge is -2.20. The molecule has 3 atom stereocenters. The Labute approximate surface area is 59.9 Å². The van der Waals surface area contributed by atoms with Crippen molar-refractivity contribution in [2.75, 3.05) is 13.2 Å². The van der Waals surface area contributed by atoms with E-state index in [9.17, 15) is 5.11 Å². The smallest absolute Gasteiger partial charge is 0.114 e. The minimum Gasteiger partial charge on any atom is -0.388 e. The monoisotopic (exact) mass is 144 g/mol. The first-order chi connectivity index (χ1) is 4.72. The van der Waals surface area contributed by atoms with Crippen molar-refractivity contribution in [2.24, 2.45) is 0 Å². The van der Waals surface area contributed by atoms with Crippen molar-refractivity contribution in [3.63, 3.8) is 0 Å².